The summed E-state index contributed by atoms with van der Waals surface area (Å²) in [6, 6.07) is 7.65. The number of rotatable bonds is 4. The molecule has 88 valence electrons. The van der Waals surface area contributed by atoms with E-state index >= 15 is 0 Å². The Balaban J connectivity index is 2.56. The molecule has 0 saturated carbocycles. The van der Waals surface area contributed by atoms with Gasteiger partial charge in [-0.3, -0.25) is 4.79 Å². The summed E-state index contributed by atoms with van der Waals surface area (Å²) in [5.41, 5.74) is 2.07. The summed E-state index contributed by atoms with van der Waals surface area (Å²) in [6.07, 6.45) is 1.06. The maximum atomic E-state index is 11.8. The van der Waals surface area contributed by atoms with Crippen LogP contribution in [0.15, 0.2) is 24.3 Å². The predicted molar refractivity (Wildman–Crippen MR) is 67.6 cm³/mol. The molecule has 0 aliphatic rings. The molecule has 0 aliphatic carbocycles. The van der Waals surface area contributed by atoms with E-state index in [1.54, 1.807) is 0 Å². The van der Waals surface area contributed by atoms with Crippen molar-refractivity contribution in [2.45, 2.75) is 34.1 Å². The molecule has 1 rings (SSSR count). The van der Waals surface area contributed by atoms with Crippen LogP contribution in [0, 0.1) is 12.3 Å². The monoisotopic (exact) mass is 219 g/mol. The number of hydrogen-bond donors (Lipinski definition) is 1. The number of hydrogen-bond acceptors (Lipinski definition) is 1. The van der Waals surface area contributed by atoms with Crippen molar-refractivity contribution in [2.24, 2.45) is 5.41 Å². The maximum absolute atomic E-state index is 11.8. The predicted octanol–water partition coefficient (Wildman–Crippen LogP) is 3.16. The lowest BCUT2D eigenvalue weighted by molar-refractivity contribution is 0.0935. The fourth-order valence-electron chi connectivity index (χ4n) is 1.25. The third kappa shape index (κ3) is 3.69. The third-order valence-electron chi connectivity index (χ3n) is 3.00. The van der Waals surface area contributed by atoms with Crippen molar-refractivity contribution >= 4 is 5.91 Å². The molecule has 16 heavy (non-hydrogen) atoms. The number of aryl methyl sites for hydroxylation is 1. The quantitative estimate of drug-likeness (QED) is 0.828. The molecule has 0 unspecified atom stereocenters. The Morgan fingerprint density at radius 1 is 1.25 bits per heavy atom. The van der Waals surface area contributed by atoms with Crippen LogP contribution >= 0.6 is 0 Å². The minimum atomic E-state index is 0.0153. The molecule has 0 bridgehead atoms. The molecule has 2 heteroatoms. The third-order valence-corrected chi connectivity index (χ3v) is 3.00. The van der Waals surface area contributed by atoms with Crippen LogP contribution in [0.4, 0.5) is 0 Å². The first-order chi connectivity index (χ1) is 7.44. The van der Waals surface area contributed by atoms with Crippen LogP contribution in [0.5, 0.6) is 0 Å². The van der Waals surface area contributed by atoms with Gasteiger partial charge in [-0.05, 0) is 30.9 Å². The van der Waals surface area contributed by atoms with E-state index in [4.69, 9.17) is 0 Å². The summed E-state index contributed by atoms with van der Waals surface area (Å²) in [7, 11) is 0. The lowest BCUT2D eigenvalue weighted by Crippen LogP contribution is -2.33. The van der Waals surface area contributed by atoms with Crippen LogP contribution in [0.3, 0.4) is 0 Å². The zero-order valence-corrected chi connectivity index (χ0v) is 10.6. The van der Waals surface area contributed by atoms with Gasteiger partial charge >= 0.3 is 0 Å². The minimum Gasteiger partial charge on any atom is -0.352 e. The zero-order valence-electron chi connectivity index (χ0n) is 10.6. The van der Waals surface area contributed by atoms with Gasteiger partial charge in [0.05, 0.1) is 0 Å². The van der Waals surface area contributed by atoms with E-state index in [-0.39, 0.29) is 11.3 Å². The summed E-state index contributed by atoms with van der Waals surface area (Å²) in [5, 5.41) is 2.97. The van der Waals surface area contributed by atoms with Gasteiger partial charge in [-0.25, -0.2) is 0 Å². The van der Waals surface area contributed by atoms with Crippen LogP contribution in [-0.2, 0) is 0 Å². The van der Waals surface area contributed by atoms with Crippen molar-refractivity contribution in [3.8, 4) is 0 Å². The lowest BCUT2D eigenvalue weighted by Gasteiger charge is -2.22. The van der Waals surface area contributed by atoms with Gasteiger partial charge in [-0.2, -0.15) is 0 Å². The van der Waals surface area contributed by atoms with E-state index in [2.05, 4.69) is 26.1 Å². The molecule has 0 atom stereocenters. The van der Waals surface area contributed by atoms with Crippen LogP contribution < -0.4 is 5.32 Å². The van der Waals surface area contributed by atoms with Crippen molar-refractivity contribution in [3.05, 3.63) is 35.4 Å². The molecular weight excluding hydrogens is 198 g/mol. The molecule has 1 aromatic carbocycles. The SMILES string of the molecule is CCC(C)(C)CNC(=O)c1ccc(C)cc1. The second kappa shape index (κ2) is 5.15. The average molecular weight is 219 g/mol. The molecule has 0 fully saturated rings. The van der Waals surface area contributed by atoms with Gasteiger partial charge < -0.3 is 5.32 Å². The first-order valence-electron chi connectivity index (χ1n) is 5.79. The zero-order chi connectivity index (χ0) is 12.2. The molecule has 1 amide bonds. The molecule has 0 radical (unpaired) electrons. The van der Waals surface area contributed by atoms with E-state index in [0.717, 1.165) is 18.5 Å². The largest absolute Gasteiger partial charge is 0.352 e. The molecule has 0 spiro atoms. The second-order valence-electron chi connectivity index (χ2n) is 5.07. The molecular formula is C14H21NO. The maximum Gasteiger partial charge on any atom is 0.251 e. The van der Waals surface area contributed by atoms with Crippen molar-refractivity contribution in [1.82, 2.24) is 5.32 Å². The summed E-state index contributed by atoms with van der Waals surface area (Å²) in [5.74, 6) is 0.0153. The first kappa shape index (κ1) is 12.8. The average Bonchev–Trinajstić information content (AvgIpc) is 2.27. The Morgan fingerprint density at radius 2 is 1.81 bits per heavy atom. The van der Waals surface area contributed by atoms with Crippen molar-refractivity contribution < 1.29 is 4.79 Å². The molecule has 1 N–H and O–H groups in total. The number of carbonyl (C=O) groups excluding carboxylic acids is 1. The Labute approximate surface area is 98.1 Å². The van der Waals surface area contributed by atoms with Crippen LogP contribution in [0.2, 0.25) is 0 Å². The van der Waals surface area contributed by atoms with E-state index in [1.807, 2.05) is 31.2 Å². The van der Waals surface area contributed by atoms with Crippen molar-refractivity contribution in [2.75, 3.05) is 6.54 Å². The van der Waals surface area contributed by atoms with Crippen molar-refractivity contribution in [3.63, 3.8) is 0 Å². The fraction of sp³-hybridized carbons (Fsp3) is 0.500. The van der Waals surface area contributed by atoms with Crippen molar-refractivity contribution in [1.29, 1.82) is 0 Å². The van der Waals surface area contributed by atoms with Gasteiger partial charge in [0.25, 0.3) is 5.91 Å². The Bertz CT molecular complexity index is 352. The highest BCUT2D eigenvalue weighted by molar-refractivity contribution is 5.94. The molecule has 0 aliphatic heterocycles. The van der Waals surface area contributed by atoms with E-state index in [9.17, 15) is 4.79 Å². The summed E-state index contributed by atoms with van der Waals surface area (Å²) >= 11 is 0. The van der Waals surface area contributed by atoms with Crippen LogP contribution in [0.1, 0.15) is 43.1 Å². The molecule has 0 aromatic heterocycles. The minimum absolute atomic E-state index is 0.0153. The highest BCUT2D eigenvalue weighted by Crippen LogP contribution is 2.17. The topological polar surface area (TPSA) is 29.1 Å². The van der Waals surface area contributed by atoms with E-state index < -0.39 is 0 Å². The normalized spacial score (nSPS) is 11.2. The molecule has 0 heterocycles. The standard InChI is InChI=1S/C14H21NO/c1-5-14(3,4)10-15-13(16)12-8-6-11(2)7-9-12/h6-9H,5,10H2,1-4H3,(H,15,16). The van der Waals surface area contributed by atoms with Gasteiger partial charge in [-0.1, -0.05) is 38.5 Å². The van der Waals surface area contributed by atoms with Gasteiger partial charge in [-0.15, -0.1) is 0 Å². The summed E-state index contributed by atoms with van der Waals surface area (Å²) in [4.78, 5) is 11.8. The molecule has 0 saturated heterocycles. The Morgan fingerprint density at radius 3 is 2.31 bits per heavy atom. The van der Waals surface area contributed by atoms with Gasteiger partial charge in [0.2, 0.25) is 0 Å². The lowest BCUT2D eigenvalue weighted by atomic mass is 9.90. The van der Waals surface area contributed by atoms with Gasteiger partial charge in [0.1, 0.15) is 0 Å². The highest BCUT2D eigenvalue weighted by atomic mass is 16.1. The number of nitrogens with one attached hydrogen (secondary N) is 1. The van der Waals surface area contributed by atoms with Gasteiger partial charge in [0, 0.05) is 12.1 Å². The molecule has 2 nitrogen and oxygen atoms in total. The number of benzene rings is 1. The van der Waals surface area contributed by atoms with E-state index in [0.29, 0.717) is 0 Å². The number of amides is 1. The highest BCUT2D eigenvalue weighted by Gasteiger charge is 2.16. The first-order valence-corrected chi connectivity index (χ1v) is 5.79. The smallest absolute Gasteiger partial charge is 0.251 e. The molecule has 1 aromatic rings. The summed E-state index contributed by atoms with van der Waals surface area (Å²) < 4.78 is 0. The fourth-order valence-corrected chi connectivity index (χ4v) is 1.25. The van der Waals surface area contributed by atoms with Crippen LogP contribution in [-0.4, -0.2) is 12.5 Å². The van der Waals surface area contributed by atoms with Gasteiger partial charge in [0.15, 0.2) is 0 Å². The Kier molecular flexibility index (Phi) is 4.11. The number of carbonyl (C=O) groups is 1. The Hall–Kier alpha value is -1.31. The summed E-state index contributed by atoms with van der Waals surface area (Å²) in [6.45, 7) is 9.18. The van der Waals surface area contributed by atoms with E-state index in [1.165, 1.54) is 5.56 Å². The second-order valence-corrected chi connectivity index (χ2v) is 5.07. The van der Waals surface area contributed by atoms with Crippen LogP contribution in [0.25, 0.3) is 0 Å².